The molecule has 0 saturated carbocycles. The van der Waals surface area contributed by atoms with E-state index in [2.05, 4.69) is 57.2 Å². The number of ether oxygens (including phenoxy) is 3. The quantitative estimate of drug-likeness (QED) is 0.0199. The van der Waals surface area contributed by atoms with Gasteiger partial charge in [0, 0.05) is 19.3 Å². The Balaban J connectivity index is 0. The van der Waals surface area contributed by atoms with Crippen molar-refractivity contribution in [3.63, 3.8) is 0 Å². The summed E-state index contributed by atoms with van der Waals surface area (Å²) in [5, 5.41) is 0. The number of alkyl halides is 3. The predicted molar refractivity (Wildman–Crippen MR) is 292 cm³/mol. The Morgan fingerprint density at radius 3 is 0.791 bits per heavy atom. The maximum absolute atomic E-state index is 12.8. The lowest BCUT2D eigenvalue weighted by molar-refractivity contribution is -0.167. The van der Waals surface area contributed by atoms with E-state index in [-0.39, 0.29) is 31.1 Å². The Morgan fingerprint density at radius 2 is 0.537 bits per heavy atom. The van der Waals surface area contributed by atoms with Crippen LogP contribution < -0.4 is 0 Å². The van der Waals surface area contributed by atoms with Crippen LogP contribution in [-0.4, -0.2) is 41.5 Å². The largest absolute Gasteiger partial charge is 0.462 e. The first-order chi connectivity index (χ1) is 32.8. The summed E-state index contributed by atoms with van der Waals surface area (Å²) >= 11 is 14.4. The number of carbonyl (C=O) groups excluding carboxylic acids is 3. The maximum Gasteiger partial charge on any atom is 0.306 e. The van der Waals surface area contributed by atoms with Gasteiger partial charge in [-0.2, -0.15) is 0 Å². The summed E-state index contributed by atoms with van der Waals surface area (Å²) in [5.41, 5.74) is 0. The SMILES string of the molecule is CCCCCCCC/C=C\CCCCCCCC(=O)OCC(COC(=O)CCCCCCC/C=C\CCCCCCCC)OC(=O)CCCCCCC/C=C\CCCCCCCC.ClC(Cl)Cl. The number of carbonyl (C=O) groups is 3. The van der Waals surface area contributed by atoms with E-state index in [9.17, 15) is 14.4 Å². The third-order valence-corrected chi connectivity index (χ3v) is 12.1. The predicted octanol–water partition coefficient (Wildman–Crippen LogP) is 20.1. The molecule has 6 nitrogen and oxygen atoms in total. The molecule has 0 saturated heterocycles. The van der Waals surface area contributed by atoms with Crippen LogP contribution in [0.25, 0.3) is 0 Å². The van der Waals surface area contributed by atoms with Crippen molar-refractivity contribution in [2.75, 3.05) is 13.2 Å². The van der Waals surface area contributed by atoms with E-state index in [1.54, 1.807) is 0 Å². The minimum absolute atomic E-state index is 0.0806. The van der Waals surface area contributed by atoms with Crippen molar-refractivity contribution in [1.29, 1.82) is 0 Å². The molecule has 0 aliphatic rings. The van der Waals surface area contributed by atoms with Gasteiger partial charge >= 0.3 is 17.9 Å². The summed E-state index contributed by atoms with van der Waals surface area (Å²) in [6.07, 6.45) is 61.2. The number of rotatable bonds is 50. The van der Waals surface area contributed by atoms with Gasteiger partial charge in [-0.3, -0.25) is 14.4 Å². The normalized spacial score (nSPS) is 11.6. The zero-order valence-corrected chi connectivity index (χ0v) is 46.1. The van der Waals surface area contributed by atoms with Gasteiger partial charge in [-0.1, -0.05) is 246 Å². The van der Waals surface area contributed by atoms with Gasteiger partial charge in [0.1, 0.15) is 13.2 Å². The van der Waals surface area contributed by atoms with Gasteiger partial charge in [0.15, 0.2) is 10.4 Å². The molecule has 0 aromatic rings. The Labute approximate surface area is 429 Å². The highest BCUT2D eigenvalue weighted by atomic mass is 35.6. The zero-order valence-electron chi connectivity index (χ0n) is 43.8. The summed E-state index contributed by atoms with van der Waals surface area (Å²) in [6, 6.07) is 0. The molecule has 0 unspecified atom stereocenters. The summed E-state index contributed by atoms with van der Waals surface area (Å²) in [6.45, 7) is 6.63. The first-order valence-corrected chi connectivity index (χ1v) is 29.4. The number of halogens is 3. The molecule has 0 aliphatic carbocycles. The third-order valence-electron chi connectivity index (χ3n) is 12.1. The third kappa shape index (κ3) is 62.5. The van der Waals surface area contributed by atoms with Crippen LogP contribution in [0.2, 0.25) is 0 Å². The fourth-order valence-electron chi connectivity index (χ4n) is 7.90. The van der Waals surface area contributed by atoms with Crippen LogP contribution in [0, 0.1) is 0 Å². The molecule has 0 heterocycles. The molecule has 0 bridgehead atoms. The molecule has 0 aromatic heterocycles. The van der Waals surface area contributed by atoms with Crippen LogP contribution >= 0.6 is 34.8 Å². The van der Waals surface area contributed by atoms with Crippen LogP contribution in [0.4, 0.5) is 0 Å². The number of hydrogen-bond donors (Lipinski definition) is 0. The van der Waals surface area contributed by atoms with E-state index in [0.717, 1.165) is 77.0 Å². The monoisotopic (exact) mass is 1000 g/mol. The number of allylic oxidation sites excluding steroid dienone is 6. The van der Waals surface area contributed by atoms with E-state index in [0.29, 0.717) is 19.3 Å². The van der Waals surface area contributed by atoms with Crippen LogP contribution in [-0.2, 0) is 28.6 Å². The Hall–Kier alpha value is -1.50. The second kappa shape index (κ2) is 58.8. The van der Waals surface area contributed by atoms with Gasteiger partial charge in [-0.15, -0.1) is 0 Å². The molecule has 0 fully saturated rings. The van der Waals surface area contributed by atoms with E-state index >= 15 is 0 Å². The van der Waals surface area contributed by atoms with Crippen molar-refractivity contribution in [3.05, 3.63) is 36.5 Å². The van der Waals surface area contributed by atoms with Gasteiger partial charge in [-0.25, -0.2) is 0 Å². The zero-order chi connectivity index (χ0) is 49.4. The summed E-state index contributed by atoms with van der Waals surface area (Å²) in [7, 11) is 0. The first kappa shape index (κ1) is 67.6. The molecular formula is C58H105Cl3O6. The fourth-order valence-corrected chi connectivity index (χ4v) is 7.90. The molecule has 0 amide bonds. The fraction of sp³-hybridized carbons (Fsp3) is 0.845. The molecule has 0 N–H and O–H groups in total. The molecule has 394 valence electrons. The topological polar surface area (TPSA) is 78.9 Å². The number of unbranched alkanes of at least 4 members (excludes halogenated alkanes) is 33. The summed E-state index contributed by atoms with van der Waals surface area (Å²) in [4.78, 5) is 38.0. The highest BCUT2D eigenvalue weighted by Gasteiger charge is 2.19. The van der Waals surface area contributed by atoms with Crippen molar-refractivity contribution in [2.45, 2.75) is 301 Å². The summed E-state index contributed by atoms with van der Waals surface area (Å²) in [5.74, 6) is -0.893. The Kier molecular flexibility index (Phi) is 59.3. The van der Waals surface area contributed by atoms with Crippen molar-refractivity contribution >= 4 is 52.7 Å². The molecule has 0 radical (unpaired) electrons. The van der Waals surface area contributed by atoms with Crippen molar-refractivity contribution < 1.29 is 28.6 Å². The lowest BCUT2D eigenvalue weighted by atomic mass is 10.1. The molecule has 67 heavy (non-hydrogen) atoms. The first-order valence-electron chi connectivity index (χ1n) is 28.1. The van der Waals surface area contributed by atoms with Crippen LogP contribution in [0.15, 0.2) is 36.5 Å². The van der Waals surface area contributed by atoms with Crippen molar-refractivity contribution in [2.24, 2.45) is 0 Å². The van der Waals surface area contributed by atoms with Gasteiger partial charge in [0.2, 0.25) is 0 Å². The molecular weight excluding hydrogens is 899 g/mol. The number of esters is 3. The maximum atomic E-state index is 12.8. The van der Waals surface area contributed by atoms with E-state index in [1.807, 2.05) is 0 Å². The molecule has 0 aliphatic heterocycles. The lowest BCUT2D eigenvalue weighted by Gasteiger charge is -2.18. The Bertz CT molecular complexity index is 1070. The van der Waals surface area contributed by atoms with Gasteiger partial charge in [0.05, 0.1) is 0 Å². The highest BCUT2D eigenvalue weighted by Crippen LogP contribution is 2.15. The Morgan fingerprint density at radius 1 is 0.328 bits per heavy atom. The van der Waals surface area contributed by atoms with Gasteiger partial charge < -0.3 is 14.2 Å². The molecule has 0 aromatic carbocycles. The lowest BCUT2D eigenvalue weighted by Crippen LogP contribution is -2.30. The second-order valence-corrected chi connectivity index (χ2v) is 20.7. The minimum atomic E-state index is -0.781. The van der Waals surface area contributed by atoms with Crippen molar-refractivity contribution in [1.82, 2.24) is 0 Å². The van der Waals surface area contributed by atoms with Crippen molar-refractivity contribution in [3.8, 4) is 0 Å². The van der Waals surface area contributed by atoms with Gasteiger partial charge in [0.25, 0.3) is 0 Å². The number of hydrogen-bond acceptors (Lipinski definition) is 6. The van der Waals surface area contributed by atoms with E-state index < -0.39 is 10.4 Å². The van der Waals surface area contributed by atoms with Crippen LogP contribution in [0.5, 0.6) is 0 Å². The molecule has 0 spiro atoms. The standard InChI is InChI=1S/C57H104O6.CHCl3/c1-4-7-10-13-16-19-22-25-28-31-34-37-40-43-46-49-55(58)61-52-54(63-57(60)51-48-45-42-39-36-33-30-27-24-21-18-15-12-9-6-3)53-62-56(59)50-47-44-41-38-35-32-29-26-23-20-17-14-11-8-5-2;2-1(3)4/h25-30,54H,4-24,31-53H2,1-3H3;1H/b28-25-,29-26-,30-27-;. The van der Waals surface area contributed by atoms with Crippen LogP contribution in [0.1, 0.15) is 290 Å². The highest BCUT2D eigenvalue weighted by molar-refractivity contribution is 6.63. The average molecular weight is 1000 g/mol. The smallest absolute Gasteiger partial charge is 0.306 e. The van der Waals surface area contributed by atoms with Crippen LogP contribution in [0.3, 0.4) is 0 Å². The van der Waals surface area contributed by atoms with Gasteiger partial charge in [-0.05, 0) is 96.3 Å². The minimum Gasteiger partial charge on any atom is -0.462 e. The molecule has 9 heteroatoms. The molecule has 0 atom stereocenters. The van der Waals surface area contributed by atoms with E-state index in [1.165, 1.54) is 173 Å². The molecule has 0 rings (SSSR count). The van der Waals surface area contributed by atoms with E-state index in [4.69, 9.17) is 49.0 Å². The second-order valence-electron chi connectivity index (χ2n) is 18.7. The summed E-state index contributed by atoms with van der Waals surface area (Å²) < 4.78 is 16.1. The average Bonchev–Trinajstić information content (AvgIpc) is 3.30.